The maximum Gasteiger partial charge on any atom is 0.410 e. The number of ether oxygens (including phenoxy) is 2. The molecule has 2 aromatic rings. The van der Waals surface area contributed by atoms with Crippen LogP contribution in [0.3, 0.4) is 0 Å². The molecule has 4 saturated heterocycles. The van der Waals surface area contributed by atoms with Crippen molar-refractivity contribution in [2.45, 2.75) is 98.3 Å². The Labute approximate surface area is 332 Å². The van der Waals surface area contributed by atoms with E-state index < -0.39 is 27.7 Å². The van der Waals surface area contributed by atoms with E-state index in [0.717, 1.165) is 64.8 Å². The van der Waals surface area contributed by atoms with Gasteiger partial charge >= 0.3 is 6.09 Å². The number of hydrogen-bond acceptors (Lipinski definition) is 10. The molecule has 0 aliphatic carbocycles. The van der Waals surface area contributed by atoms with Crippen LogP contribution in [0.4, 0.5) is 15.0 Å². The number of carbonyl (C=O) groups is 2. The topological polar surface area (TPSA) is 132 Å². The Morgan fingerprint density at radius 1 is 0.911 bits per heavy atom. The molecule has 6 rings (SSSR count). The fraction of sp³-hybridized carbons (Fsp3) is 0.700. The summed E-state index contributed by atoms with van der Waals surface area (Å²) in [6.45, 7) is 20.0. The number of rotatable bonds is 10. The first kappa shape index (κ1) is 42.0. The number of nitrogens with zero attached hydrogens (tertiary/aromatic N) is 8. The number of piperazine rings is 1. The first-order valence-electron chi connectivity index (χ1n) is 20.3. The van der Waals surface area contributed by atoms with Gasteiger partial charge in [-0.1, -0.05) is 0 Å². The van der Waals surface area contributed by atoms with Crippen molar-refractivity contribution >= 4 is 28.0 Å². The highest BCUT2D eigenvalue weighted by molar-refractivity contribution is 7.86. The second-order valence-electron chi connectivity index (χ2n) is 17.5. The van der Waals surface area contributed by atoms with Crippen molar-refractivity contribution in [3.63, 3.8) is 0 Å². The lowest BCUT2D eigenvalue weighted by molar-refractivity contribution is 0.0184. The minimum Gasteiger partial charge on any atom is -0.451 e. The van der Waals surface area contributed by atoms with Crippen molar-refractivity contribution in [2.24, 2.45) is 11.3 Å². The highest BCUT2D eigenvalue weighted by Crippen LogP contribution is 2.43. The zero-order chi connectivity index (χ0) is 40.4. The Hall–Kier alpha value is -3.60. The molecule has 56 heavy (non-hydrogen) atoms. The first-order chi connectivity index (χ1) is 26.4. The number of amides is 2. The van der Waals surface area contributed by atoms with E-state index in [2.05, 4.69) is 19.8 Å². The lowest BCUT2D eigenvalue weighted by atomic mass is 9.71. The van der Waals surface area contributed by atoms with E-state index in [0.29, 0.717) is 43.7 Å². The van der Waals surface area contributed by atoms with Gasteiger partial charge in [0, 0.05) is 71.0 Å². The van der Waals surface area contributed by atoms with Crippen LogP contribution in [0.5, 0.6) is 11.5 Å². The number of likely N-dealkylation sites (tertiary alicyclic amines) is 1. The Morgan fingerprint density at radius 3 is 2.16 bits per heavy atom. The molecule has 1 spiro atoms. The van der Waals surface area contributed by atoms with Gasteiger partial charge in [0.15, 0.2) is 11.6 Å². The molecular formula is C40H61FN8O6S. The molecular weight excluding hydrogens is 740 g/mol. The number of aromatic nitrogens is 2. The summed E-state index contributed by atoms with van der Waals surface area (Å²) in [6.07, 6.45) is 7.53. The number of hydrogen-bond donors (Lipinski definition) is 0. The molecule has 16 heteroatoms. The molecule has 4 aliphatic heterocycles. The molecule has 4 aliphatic rings. The van der Waals surface area contributed by atoms with E-state index in [1.807, 2.05) is 48.5 Å². The quantitative estimate of drug-likeness (QED) is 0.305. The Kier molecular flexibility index (Phi) is 12.8. The van der Waals surface area contributed by atoms with Gasteiger partial charge in [-0.2, -0.15) is 17.0 Å². The van der Waals surface area contributed by atoms with Gasteiger partial charge in [0.2, 0.25) is 0 Å². The van der Waals surface area contributed by atoms with Crippen LogP contribution < -0.4 is 9.64 Å². The number of benzene rings is 1. The smallest absolute Gasteiger partial charge is 0.410 e. The standard InChI is InChI=1S/C40H61FN8O6S/c1-29(2)49(30(3)4)37(50)33-24-32(41)8-9-34(33)54-35-25-42-28-43-36(35)46-15-10-31(27-46)26-44-16-11-40(12-17-44)13-18-47(19-14-40)56(52,53)48-22-20-45(21-23-48)38(51)55-39(5,6)7/h8-9,24-25,28-31H,10-23,26-27H2,1-7H3/t31-/m1/s1. The second kappa shape index (κ2) is 17.1. The van der Waals surface area contributed by atoms with Gasteiger partial charge in [-0.25, -0.2) is 19.2 Å². The fourth-order valence-electron chi connectivity index (χ4n) is 8.73. The SMILES string of the molecule is CC(C)N(C(=O)c1cc(F)ccc1Oc1cncnc1N1CC[C@H](CN2CCC3(CC2)CCN(S(=O)(=O)N2CCN(C(=O)OC(C)(C)C)CC2)CC3)C1)C(C)C. The van der Waals surface area contributed by atoms with Crippen LogP contribution in [0.1, 0.15) is 90.9 Å². The summed E-state index contributed by atoms with van der Waals surface area (Å²) < 4.78 is 56.6. The summed E-state index contributed by atoms with van der Waals surface area (Å²) in [5.41, 5.74) is -0.272. The molecule has 0 N–H and O–H groups in total. The summed E-state index contributed by atoms with van der Waals surface area (Å²) in [7, 11) is -3.60. The van der Waals surface area contributed by atoms with Gasteiger partial charge in [0.05, 0.1) is 11.8 Å². The van der Waals surface area contributed by atoms with Gasteiger partial charge in [0.25, 0.3) is 16.1 Å². The van der Waals surface area contributed by atoms with Crippen LogP contribution in [0.15, 0.2) is 30.7 Å². The van der Waals surface area contributed by atoms with Crippen molar-refractivity contribution < 1.29 is 31.9 Å². The third kappa shape index (κ3) is 9.74. The molecule has 0 unspecified atom stereocenters. The highest BCUT2D eigenvalue weighted by atomic mass is 32.2. The van der Waals surface area contributed by atoms with Gasteiger partial charge in [-0.05, 0) is 123 Å². The predicted octanol–water partition coefficient (Wildman–Crippen LogP) is 5.47. The maximum atomic E-state index is 14.5. The monoisotopic (exact) mass is 800 g/mol. The van der Waals surface area contributed by atoms with Crippen molar-refractivity contribution in [3.8, 4) is 11.5 Å². The summed E-state index contributed by atoms with van der Waals surface area (Å²) in [4.78, 5) is 43.0. The third-order valence-electron chi connectivity index (χ3n) is 11.7. The first-order valence-corrected chi connectivity index (χ1v) is 21.6. The Balaban J connectivity index is 0.989. The normalized spacial score (nSPS) is 21.6. The van der Waals surface area contributed by atoms with Crippen LogP contribution in [-0.4, -0.2) is 143 Å². The zero-order valence-corrected chi connectivity index (χ0v) is 35.1. The molecule has 1 aromatic heterocycles. The predicted molar refractivity (Wildman–Crippen MR) is 212 cm³/mol. The van der Waals surface area contributed by atoms with E-state index in [-0.39, 0.29) is 47.8 Å². The lowest BCUT2D eigenvalue weighted by Crippen LogP contribution is -2.56. The number of carbonyl (C=O) groups excluding carboxylic acids is 2. The van der Waals surface area contributed by atoms with Crippen molar-refractivity contribution in [1.29, 1.82) is 0 Å². The molecule has 1 atom stereocenters. The van der Waals surface area contributed by atoms with Gasteiger partial charge in [-0.3, -0.25) is 4.79 Å². The molecule has 14 nitrogen and oxygen atoms in total. The summed E-state index contributed by atoms with van der Waals surface area (Å²) in [5.74, 6) is 0.965. The lowest BCUT2D eigenvalue weighted by Gasteiger charge is -2.47. The average Bonchev–Trinajstić information content (AvgIpc) is 3.61. The molecule has 0 radical (unpaired) electrons. The largest absolute Gasteiger partial charge is 0.451 e. The van der Waals surface area contributed by atoms with Crippen LogP contribution in [-0.2, 0) is 14.9 Å². The van der Waals surface area contributed by atoms with E-state index in [4.69, 9.17) is 9.47 Å². The molecule has 0 saturated carbocycles. The molecule has 1 aromatic carbocycles. The van der Waals surface area contributed by atoms with Crippen molar-refractivity contribution in [2.75, 3.05) is 76.9 Å². The van der Waals surface area contributed by atoms with Gasteiger partial charge in [0.1, 0.15) is 23.5 Å². The Morgan fingerprint density at radius 2 is 1.54 bits per heavy atom. The molecule has 310 valence electrons. The van der Waals surface area contributed by atoms with Crippen molar-refractivity contribution in [3.05, 3.63) is 42.1 Å². The molecule has 4 fully saturated rings. The average molecular weight is 801 g/mol. The number of halogens is 1. The number of piperidine rings is 2. The van der Waals surface area contributed by atoms with Gasteiger partial charge in [-0.15, -0.1) is 0 Å². The van der Waals surface area contributed by atoms with E-state index in [1.54, 1.807) is 20.3 Å². The molecule has 2 amide bonds. The fourth-order valence-corrected chi connectivity index (χ4v) is 10.3. The molecule has 0 bridgehead atoms. The van der Waals surface area contributed by atoms with E-state index in [9.17, 15) is 22.4 Å². The third-order valence-corrected chi connectivity index (χ3v) is 13.8. The van der Waals surface area contributed by atoms with E-state index >= 15 is 0 Å². The van der Waals surface area contributed by atoms with Crippen LogP contribution >= 0.6 is 0 Å². The van der Waals surface area contributed by atoms with Crippen molar-refractivity contribution in [1.82, 2.24) is 33.3 Å². The Bertz CT molecular complexity index is 1790. The summed E-state index contributed by atoms with van der Waals surface area (Å²) in [5, 5.41) is 0. The second-order valence-corrected chi connectivity index (χ2v) is 19.5. The van der Waals surface area contributed by atoms with Crippen LogP contribution in [0.25, 0.3) is 0 Å². The number of anilines is 1. The summed E-state index contributed by atoms with van der Waals surface area (Å²) in [6, 6.07) is 3.87. The van der Waals surface area contributed by atoms with Crippen LogP contribution in [0.2, 0.25) is 0 Å². The van der Waals surface area contributed by atoms with Crippen LogP contribution in [0, 0.1) is 17.2 Å². The van der Waals surface area contributed by atoms with E-state index in [1.165, 1.54) is 28.8 Å². The van der Waals surface area contributed by atoms with Gasteiger partial charge < -0.3 is 29.1 Å². The highest BCUT2D eigenvalue weighted by Gasteiger charge is 2.43. The maximum absolute atomic E-state index is 14.5. The minimum atomic E-state index is -3.60. The zero-order valence-electron chi connectivity index (χ0n) is 34.2. The molecule has 5 heterocycles. The minimum absolute atomic E-state index is 0.0780. The summed E-state index contributed by atoms with van der Waals surface area (Å²) >= 11 is 0.